The standard InChI is InChI=1S/C25H31F2N3O2/c26-22-8-7-20(14-23(22)27)21-15-24(21)28-16-18-9-12-30(13-10-18)11-1-2-17-3-5-19(6-4-17)25(31)29-32/h3-8,14,18,21,24,28,32H,1-2,9-13,15-16H2,(H,29,31). The molecule has 2 aliphatic rings. The summed E-state index contributed by atoms with van der Waals surface area (Å²) in [6.07, 6.45) is 5.40. The molecule has 0 bridgehead atoms. The van der Waals surface area contributed by atoms with Crippen LogP contribution in [0.2, 0.25) is 0 Å². The van der Waals surface area contributed by atoms with Crippen molar-refractivity contribution in [3.8, 4) is 0 Å². The third-order valence-electron chi connectivity index (χ3n) is 6.80. The smallest absolute Gasteiger partial charge is 0.274 e. The molecule has 0 aromatic heterocycles. The Morgan fingerprint density at radius 1 is 1.06 bits per heavy atom. The second kappa shape index (κ2) is 10.5. The van der Waals surface area contributed by atoms with Gasteiger partial charge in [0, 0.05) is 17.5 Å². The molecule has 4 rings (SSSR count). The molecule has 2 aromatic rings. The summed E-state index contributed by atoms with van der Waals surface area (Å²) in [6, 6.07) is 12.0. The summed E-state index contributed by atoms with van der Waals surface area (Å²) in [5.41, 5.74) is 4.18. The summed E-state index contributed by atoms with van der Waals surface area (Å²) in [5, 5.41) is 12.3. The Labute approximate surface area is 187 Å². The minimum atomic E-state index is -0.782. The highest BCUT2D eigenvalue weighted by molar-refractivity contribution is 5.93. The minimum absolute atomic E-state index is 0.303. The molecule has 1 saturated carbocycles. The summed E-state index contributed by atoms with van der Waals surface area (Å²) < 4.78 is 26.5. The number of aryl methyl sites for hydroxylation is 1. The van der Waals surface area contributed by atoms with Gasteiger partial charge < -0.3 is 10.2 Å². The fourth-order valence-electron chi connectivity index (χ4n) is 4.66. The molecule has 1 aliphatic heterocycles. The maximum absolute atomic E-state index is 13.4. The monoisotopic (exact) mass is 443 g/mol. The second-order valence-corrected chi connectivity index (χ2v) is 9.06. The van der Waals surface area contributed by atoms with Crippen molar-refractivity contribution in [2.24, 2.45) is 5.92 Å². The Balaban J connectivity index is 1.10. The molecular formula is C25H31F2N3O2. The highest BCUT2D eigenvalue weighted by Gasteiger charge is 2.38. The van der Waals surface area contributed by atoms with Gasteiger partial charge in [0.1, 0.15) is 0 Å². The van der Waals surface area contributed by atoms with Crippen LogP contribution in [-0.2, 0) is 6.42 Å². The Kier molecular flexibility index (Phi) is 7.50. The highest BCUT2D eigenvalue weighted by atomic mass is 19.2. The molecule has 2 fully saturated rings. The van der Waals surface area contributed by atoms with Gasteiger partial charge in [0.2, 0.25) is 0 Å². The molecule has 2 aromatic carbocycles. The largest absolute Gasteiger partial charge is 0.313 e. The van der Waals surface area contributed by atoms with E-state index in [0.717, 1.165) is 51.0 Å². The van der Waals surface area contributed by atoms with Crippen LogP contribution in [0.25, 0.3) is 0 Å². The molecule has 172 valence electrons. The summed E-state index contributed by atoms with van der Waals surface area (Å²) in [6.45, 7) is 4.28. The van der Waals surface area contributed by atoms with Crippen LogP contribution < -0.4 is 10.8 Å². The molecule has 32 heavy (non-hydrogen) atoms. The van der Waals surface area contributed by atoms with Crippen LogP contribution in [0, 0.1) is 17.6 Å². The lowest BCUT2D eigenvalue weighted by atomic mass is 9.96. The van der Waals surface area contributed by atoms with Gasteiger partial charge in [-0.25, -0.2) is 14.3 Å². The topological polar surface area (TPSA) is 64.6 Å². The lowest BCUT2D eigenvalue weighted by molar-refractivity contribution is 0.0706. The van der Waals surface area contributed by atoms with Crippen molar-refractivity contribution < 1.29 is 18.8 Å². The first-order valence-electron chi connectivity index (χ1n) is 11.5. The Bertz CT molecular complexity index is 914. The van der Waals surface area contributed by atoms with Gasteiger partial charge in [-0.1, -0.05) is 18.2 Å². The van der Waals surface area contributed by atoms with E-state index in [9.17, 15) is 13.6 Å². The molecule has 2 atom stereocenters. The van der Waals surface area contributed by atoms with E-state index < -0.39 is 17.5 Å². The Morgan fingerprint density at radius 3 is 2.50 bits per heavy atom. The van der Waals surface area contributed by atoms with E-state index in [0.29, 0.717) is 23.4 Å². The normalized spacial score (nSPS) is 21.5. The number of rotatable bonds is 9. The van der Waals surface area contributed by atoms with Crippen LogP contribution >= 0.6 is 0 Å². The minimum Gasteiger partial charge on any atom is -0.313 e. The van der Waals surface area contributed by atoms with Gasteiger partial charge in [-0.15, -0.1) is 0 Å². The summed E-state index contributed by atoms with van der Waals surface area (Å²) >= 11 is 0. The van der Waals surface area contributed by atoms with E-state index in [4.69, 9.17) is 5.21 Å². The average Bonchev–Trinajstić information content (AvgIpc) is 3.60. The number of benzene rings is 2. The van der Waals surface area contributed by atoms with Crippen molar-refractivity contribution in [1.82, 2.24) is 15.7 Å². The molecular weight excluding hydrogens is 412 g/mol. The van der Waals surface area contributed by atoms with Gasteiger partial charge in [-0.3, -0.25) is 10.0 Å². The fourth-order valence-corrected chi connectivity index (χ4v) is 4.66. The zero-order valence-electron chi connectivity index (χ0n) is 18.2. The number of hydrogen-bond donors (Lipinski definition) is 3. The van der Waals surface area contributed by atoms with Crippen LogP contribution in [0.15, 0.2) is 42.5 Å². The van der Waals surface area contributed by atoms with Crippen molar-refractivity contribution >= 4 is 5.91 Å². The highest BCUT2D eigenvalue weighted by Crippen LogP contribution is 2.41. The van der Waals surface area contributed by atoms with Gasteiger partial charge in [-0.05, 0) is 99.6 Å². The van der Waals surface area contributed by atoms with E-state index in [2.05, 4.69) is 10.2 Å². The number of hydroxylamine groups is 1. The number of nitrogens with zero attached hydrogens (tertiary/aromatic N) is 1. The number of amides is 1. The van der Waals surface area contributed by atoms with Gasteiger partial charge in [0.05, 0.1) is 0 Å². The first-order chi connectivity index (χ1) is 15.5. The molecule has 1 heterocycles. The zero-order valence-corrected chi connectivity index (χ0v) is 18.2. The molecule has 1 saturated heterocycles. The summed E-state index contributed by atoms with van der Waals surface area (Å²) in [4.78, 5) is 13.9. The first-order valence-corrected chi connectivity index (χ1v) is 11.5. The van der Waals surface area contributed by atoms with Crippen LogP contribution in [0.3, 0.4) is 0 Å². The Hall–Kier alpha value is -2.35. The van der Waals surface area contributed by atoms with Crippen LogP contribution in [0.1, 0.15) is 53.1 Å². The summed E-state index contributed by atoms with van der Waals surface area (Å²) in [7, 11) is 0. The SMILES string of the molecule is O=C(NO)c1ccc(CCCN2CCC(CNC3CC3c3ccc(F)c(F)c3)CC2)cc1. The predicted molar refractivity (Wildman–Crippen MR) is 119 cm³/mol. The molecule has 1 amide bonds. The van der Waals surface area contributed by atoms with Crippen LogP contribution in [-0.4, -0.2) is 48.2 Å². The number of carbonyl (C=O) groups is 1. The number of halogens is 2. The van der Waals surface area contributed by atoms with Gasteiger partial charge >= 0.3 is 0 Å². The molecule has 3 N–H and O–H groups in total. The number of likely N-dealkylation sites (tertiary alicyclic amines) is 1. The van der Waals surface area contributed by atoms with E-state index in [1.54, 1.807) is 23.7 Å². The third kappa shape index (κ3) is 5.91. The number of carbonyl (C=O) groups excluding carboxylic acids is 1. The number of nitrogens with one attached hydrogen (secondary N) is 2. The van der Waals surface area contributed by atoms with Crippen LogP contribution in [0.5, 0.6) is 0 Å². The maximum atomic E-state index is 13.4. The van der Waals surface area contributed by atoms with Crippen molar-refractivity contribution in [3.63, 3.8) is 0 Å². The molecule has 0 radical (unpaired) electrons. The molecule has 5 nitrogen and oxygen atoms in total. The lowest BCUT2D eigenvalue weighted by Crippen LogP contribution is -2.38. The van der Waals surface area contributed by atoms with E-state index in [1.807, 2.05) is 12.1 Å². The average molecular weight is 444 g/mol. The second-order valence-electron chi connectivity index (χ2n) is 9.06. The summed E-state index contributed by atoms with van der Waals surface area (Å²) in [5.74, 6) is -1.06. The third-order valence-corrected chi connectivity index (χ3v) is 6.80. The molecule has 2 unspecified atom stereocenters. The molecule has 7 heteroatoms. The number of hydrogen-bond acceptors (Lipinski definition) is 4. The van der Waals surface area contributed by atoms with E-state index in [-0.39, 0.29) is 0 Å². The lowest BCUT2D eigenvalue weighted by Gasteiger charge is -2.32. The predicted octanol–water partition coefficient (Wildman–Crippen LogP) is 3.87. The van der Waals surface area contributed by atoms with Crippen LogP contribution in [0.4, 0.5) is 8.78 Å². The first kappa shape index (κ1) is 22.8. The van der Waals surface area contributed by atoms with Crippen molar-refractivity contribution in [3.05, 3.63) is 70.8 Å². The van der Waals surface area contributed by atoms with Crippen molar-refractivity contribution in [1.29, 1.82) is 0 Å². The van der Waals surface area contributed by atoms with Crippen molar-refractivity contribution in [2.75, 3.05) is 26.2 Å². The zero-order chi connectivity index (χ0) is 22.5. The fraction of sp³-hybridized carbons (Fsp3) is 0.480. The van der Waals surface area contributed by atoms with E-state index >= 15 is 0 Å². The van der Waals surface area contributed by atoms with Gasteiger partial charge in [0.15, 0.2) is 11.6 Å². The maximum Gasteiger partial charge on any atom is 0.274 e. The van der Waals surface area contributed by atoms with E-state index in [1.165, 1.54) is 30.5 Å². The van der Waals surface area contributed by atoms with Gasteiger partial charge in [0.25, 0.3) is 5.91 Å². The molecule has 0 spiro atoms. The van der Waals surface area contributed by atoms with Gasteiger partial charge in [-0.2, -0.15) is 0 Å². The Morgan fingerprint density at radius 2 is 1.81 bits per heavy atom. The quantitative estimate of drug-likeness (QED) is 0.407. The van der Waals surface area contributed by atoms with Crippen molar-refractivity contribution in [2.45, 2.75) is 44.1 Å². The molecule has 1 aliphatic carbocycles. The number of piperidine rings is 1.